The van der Waals surface area contributed by atoms with Crippen LogP contribution in [-0.4, -0.2) is 27.7 Å². The van der Waals surface area contributed by atoms with E-state index in [2.05, 4.69) is 10.3 Å². The lowest BCUT2D eigenvalue weighted by molar-refractivity contribution is -0.0629. The number of aliphatic hydroxyl groups excluding tert-OH is 1. The number of rotatable bonds is 2. The van der Waals surface area contributed by atoms with E-state index < -0.39 is 29.5 Å². The maximum Gasteiger partial charge on any atom is 0.251 e. The number of pyridine rings is 1. The highest BCUT2D eigenvalue weighted by Gasteiger charge is 2.43. The summed E-state index contributed by atoms with van der Waals surface area (Å²) in [7, 11) is 0. The van der Waals surface area contributed by atoms with E-state index in [0.29, 0.717) is 11.3 Å². The van der Waals surface area contributed by atoms with Gasteiger partial charge >= 0.3 is 0 Å². The minimum Gasteiger partial charge on any atom is -0.485 e. The van der Waals surface area contributed by atoms with Gasteiger partial charge in [-0.05, 0) is 38.1 Å². The third-order valence-corrected chi connectivity index (χ3v) is 3.92. The highest BCUT2D eigenvalue weighted by atomic mass is 19.1. The fraction of sp³-hybridized carbons (Fsp3) is 0.294. The molecule has 120 valence electrons. The van der Waals surface area contributed by atoms with Crippen LogP contribution < -0.4 is 10.1 Å². The van der Waals surface area contributed by atoms with Crippen LogP contribution >= 0.6 is 0 Å². The largest absolute Gasteiger partial charge is 0.485 e. The number of hydrogen-bond donors (Lipinski definition) is 2. The molecule has 0 radical (unpaired) electrons. The van der Waals surface area contributed by atoms with Crippen molar-refractivity contribution in [1.82, 2.24) is 10.3 Å². The quantitative estimate of drug-likeness (QED) is 0.891. The Kier molecular flexibility index (Phi) is 3.77. The van der Waals surface area contributed by atoms with Gasteiger partial charge in [-0.15, -0.1) is 0 Å². The summed E-state index contributed by atoms with van der Waals surface area (Å²) in [6, 6.07) is 6.38. The fourth-order valence-corrected chi connectivity index (χ4v) is 2.65. The minimum atomic E-state index is -0.975. The number of nitrogens with zero attached hydrogens (tertiary/aromatic N) is 1. The number of halogens is 1. The highest BCUT2D eigenvalue weighted by molar-refractivity contribution is 5.94. The Bertz CT molecular complexity index is 748. The average molecular weight is 316 g/mol. The van der Waals surface area contributed by atoms with Gasteiger partial charge in [-0.3, -0.25) is 9.78 Å². The first-order valence-electron chi connectivity index (χ1n) is 7.26. The average Bonchev–Trinajstić information content (AvgIpc) is 2.51. The van der Waals surface area contributed by atoms with Crippen molar-refractivity contribution < 1.29 is 19.0 Å². The van der Waals surface area contributed by atoms with Crippen molar-refractivity contribution in [2.75, 3.05) is 0 Å². The second-order valence-electron chi connectivity index (χ2n) is 6.03. The van der Waals surface area contributed by atoms with Crippen LogP contribution in [0.4, 0.5) is 4.39 Å². The molecule has 0 bridgehead atoms. The molecular weight excluding hydrogens is 299 g/mol. The molecule has 2 atom stereocenters. The first kappa shape index (κ1) is 15.4. The summed E-state index contributed by atoms with van der Waals surface area (Å²) >= 11 is 0. The zero-order valence-electron chi connectivity index (χ0n) is 12.8. The molecule has 0 saturated carbocycles. The van der Waals surface area contributed by atoms with Crippen LogP contribution in [0, 0.1) is 5.82 Å². The van der Waals surface area contributed by atoms with E-state index in [9.17, 15) is 14.3 Å². The number of hydrogen-bond acceptors (Lipinski definition) is 4. The van der Waals surface area contributed by atoms with Gasteiger partial charge in [0.05, 0.1) is 6.04 Å². The fourth-order valence-electron chi connectivity index (χ4n) is 2.65. The number of aromatic nitrogens is 1. The van der Waals surface area contributed by atoms with Gasteiger partial charge < -0.3 is 15.2 Å². The monoisotopic (exact) mass is 316 g/mol. The van der Waals surface area contributed by atoms with Gasteiger partial charge in [0, 0.05) is 23.5 Å². The normalized spacial score (nSPS) is 21.9. The molecule has 1 aromatic carbocycles. The Balaban J connectivity index is 1.93. The van der Waals surface area contributed by atoms with Gasteiger partial charge in [0.1, 0.15) is 23.3 Å². The summed E-state index contributed by atoms with van der Waals surface area (Å²) in [5.74, 6) is -0.409. The molecule has 1 aliphatic rings. The van der Waals surface area contributed by atoms with E-state index in [1.807, 2.05) is 0 Å². The molecule has 1 aromatic heterocycles. The van der Waals surface area contributed by atoms with E-state index in [1.165, 1.54) is 18.2 Å². The molecule has 2 aromatic rings. The van der Waals surface area contributed by atoms with Gasteiger partial charge in [0.15, 0.2) is 0 Å². The summed E-state index contributed by atoms with van der Waals surface area (Å²) in [6.45, 7) is 3.48. The predicted molar refractivity (Wildman–Crippen MR) is 81.6 cm³/mol. The van der Waals surface area contributed by atoms with Gasteiger partial charge in [-0.1, -0.05) is 6.07 Å². The Morgan fingerprint density at radius 1 is 1.39 bits per heavy atom. The number of fused-ring (bicyclic) bond motifs is 1. The third-order valence-electron chi connectivity index (χ3n) is 3.92. The molecule has 0 aliphatic carbocycles. The molecule has 0 spiro atoms. The van der Waals surface area contributed by atoms with E-state index in [0.717, 1.165) is 6.07 Å². The topological polar surface area (TPSA) is 71.5 Å². The van der Waals surface area contributed by atoms with E-state index in [-0.39, 0.29) is 5.56 Å². The first-order chi connectivity index (χ1) is 10.9. The molecule has 5 nitrogen and oxygen atoms in total. The lowest BCUT2D eigenvalue weighted by Gasteiger charge is -2.42. The molecule has 6 heteroatoms. The number of aliphatic hydroxyl groups is 1. The van der Waals surface area contributed by atoms with Crippen molar-refractivity contribution in [3.05, 3.63) is 59.7 Å². The summed E-state index contributed by atoms with van der Waals surface area (Å²) < 4.78 is 19.1. The van der Waals surface area contributed by atoms with E-state index in [4.69, 9.17) is 4.74 Å². The molecule has 23 heavy (non-hydrogen) atoms. The van der Waals surface area contributed by atoms with Crippen molar-refractivity contribution in [3.8, 4) is 5.75 Å². The van der Waals surface area contributed by atoms with E-state index >= 15 is 0 Å². The second kappa shape index (κ2) is 5.62. The van der Waals surface area contributed by atoms with Crippen LogP contribution in [0.25, 0.3) is 0 Å². The standard InChI is InChI=1S/C17H17FN2O3/c1-17(2)15(21)14(12-9-19-7-6-13(12)23-17)20-16(22)10-4-3-5-11(18)8-10/h3-9,14-15,21H,1-2H3,(H,20,22)/t14-,15+/m1/s1. The van der Waals surface area contributed by atoms with Crippen LogP contribution in [0.1, 0.15) is 35.8 Å². The van der Waals surface area contributed by atoms with Crippen molar-refractivity contribution >= 4 is 5.91 Å². The number of carbonyl (C=O) groups excluding carboxylic acids is 1. The lowest BCUT2D eigenvalue weighted by Crippen LogP contribution is -2.53. The second-order valence-corrected chi connectivity index (χ2v) is 6.03. The van der Waals surface area contributed by atoms with E-state index in [1.54, 1.807) is 32.3 Å². The Hall–Kier alpha value is -2.47. The molecule has 0 fully saturated rings. The van der Waals surface area contributed by atoms with Crippen molar-refractivity contribution in [3.63, 3.8) is 0 Å². The van der Waals surface area contributed by atoms with Gasteiger partial charge in [0.2, 0.25) is 0 Å². The lowest BCUT2D eigenvalue weighted by atomic mass is 9.87. The Labute approximate surface area is 133 Å². The van der Waals surface area contributed by atoms with Gasteiger partial charge in [-0.2, -0.15) is 0 Å². The highest BCUT2D eigenvalue weighted by Crippen LogP contribution is 2.39. The SMILES string of the molecule is CC1(C)Oc2ccncc2[C@@H](NC(=O)c2cccc(F)c2)[C@@H]1O. The van der Waals surface area contributed by atoms with Crippen LogP contribution in [0.5, 0.6) is 5.75 Å². The molecular formula is C17H17FN2O3. The maximum atomic E-state index is 13.3. The number of benzene rings is 1. The van der Waals surface area contributed by atoms with Crippen LogP contribution in [0.2, 0.25) is 0 Å². The summed E-state index contributed by atoms with van der Waals surface area (Å²) in [5.41, 5.74) is -0.107. The van der Waals surface area contributed by atoms with Crippen LogP contribution in [0.3, 0.4) is 0 Å². The molecule has 3 rings (SSSR count). The number of nitrogens with one attached hydrogen (secondary N) is 1. The number of carbonyl (C=O) groups is 1. The van der Waals surface area contributed by atoms with Crippen molar-refractivity contribution in [2.45, 2.75) is 31.6 Å². The number of ether oxygens (including phenoxy) is 1. The molecule has 2 N–H and O–H groups in total. The molecule has 0 saturated heterocycles. The van der Waals surface area contributed by atoms with Crippen LogP contribution in [-0.2, 0) is 0 Å². The van der Waals surface area contributed by atoms with Crippen molar-refractivity contribution in [2.24, 2.45) is 0 Å². The number of amides is 1. The Morgan fingerprint density at radius 2 is 2.17 bits per heavy atom. The summed E-state index contributed by atoms with van der Waals surface area (Å²) in [5, 5.41) is 13.3. The Morgan fingerprint density at radius 3 is 2.91 bits per heavy atom. The minimum absolute atomic E-state index is 0.187. The van der Waals surface area contributed by atoms with Crippen LogP contribution in [0.15, 0.2) is 42.7 Å². The molecule has 1 aliphatic heterocycles. The summed E-state index contributed by atoms with van der Waals surface area (Å²) in [6.07, 6.45) is 2.15. The van der Waals surface area contributed by atoms with Crippen molar-refractivity contribution in [1.29, 1.82) is 0 Å². The molecule has 0 unspecified atom stereocenters. The molecule has 1 amide bonds. The summed E-state index contributed by atoms with van der Waals surface area (Å²) in [4.78, 5) is 16.4. The zero-order valence-corrected chi connectivity index (χ0v) is 12.8. The third kappa shape index (κ3) is 2.90. The maximum absolute atomic E-state index is 13.3. The molecule has 2 heterocycles. The smallest absolute Gasteiger partial charge is 0.251 e. The zero-order chi connectivity index (χ0) is 16.6. The first-order valence-corrected chi connectivity index (χ1v) is 7.26. The van der Waals surface area contributed by atoms with Gasteiger partial charge in [-0.25, -0.2) is 4.39 Å². The predicted octanol–water partition coefficient (Wildman–Crippen LogP) is 2.22. The van der Waals surface area contributed by atoms with Gasteiger partial charge in [0.25, 0.3) is 5.91 Å².